The predicted molar refractivity (Wildman–Crippen MR) is 141 cm³/mol. The number of likely N-dealkylation sites (tertiary alicyclic amines) is 1. The lowest BCUT2D eigenvalue weighted by Gasteiger charge is -2.39. The van der Waals surface area contributed by atoms with Crippen LogP contribution in [0.1, 0.15) is 42.9 Å². The number of piperidine rings is 1. The number of ether oxygens (including phenoxy) is 1. The summed E-state index contributed by atoms with van der Waals surface area (Å²) in [5.41, 5.74) is 7.34. The number of nitrogens with zero attached hydrogens (tertiary/aromatic N) is 3. The molecule has 1 aromatic carbocycles. The summed E-state index contributed by atoms with van der Waals surface area (Å²) in [6.07, 6.45) is 4.52. The Bertz CT molecular complexity index is 1160. The number of pyridine rings is 2. The highest BCUT2D eigenvalue weighted by Gasteiger charge is 2.41. The minimum Gasteiger partial charge on any atom is -0.497 e. The molecule has 1 atom stereocenters. The second-order valence-electron chi connectivity index (χ2n) is 9.28. The molecule has 0 aliphatic carbocycles. The topological polar surface area (TPSA) is 122 Å². The number of aromatic nitrogens is 2. The van der Waals surface area contributed by atoms with Crippen molar-refractivity contribution in [3.8, 4) is 5.75 Å². The van der Waals surface area contributed by atoms with Crippen LogP contribution < -0.4 is 10.5 Å². The number of carboxylic acid groups (broad SMARTS) is 1. The Labute approximate surface area is 215 Å². The fraction of sp³-hybridized carbons (Fsp3) is 0.444. The highest BCUT2D eigenvalue weighted by molar-refractivity contribution is 7.99. The Morgan fingerprint density at radius 3 is 2.72 bits per heavy atom. The van der Waals surface area contributed by atoms with E-state index in [0.717, 1.165) is 46.9 Å². The van der Waals surface area contributed by atoms with Crippen molar-refractivity contribution in [2.75, 3.05) is 32.5 Å². The average molecular weight is 511 g/mol. The van der Waals surface area contributed by atoms with E-state index in [0.29, 0.717) is 37.0 Å². The third kappa shape index (κ3) is 5.98. The van der Waals surface area contributed by atoms with Crippen LogP contribution in [0.25, 0.3) is 10.9 Å². The summed E-state index contributed by atoms with van der Waals surface area (Å²) >= 11 is 1.71. The number of fused-ring (bicyclic) bond motifs is 1. The van der Waals surface area contributed by atoms with Crippen LogP contribution in [-0.4, -0.2) is 63.5 Å². The van der Waals surface area contributed by atoms with Crippen molar-refractivity contribution in [1.82, 2.24) is 14.9 Å². The van der Waals surface area contributed by atoms with Crippen molar-refractivity contribution in [2.45, 2.75) is 43.4 Å². The molecule has 3 heterocycles. The standard InChI is InChI=1S/C27H34N4O4S/c1-35-20-5-6-22-21(16-20)25(19(17-28)18-30-22)23(32)7-8-27(26(33)34)9-12-31(13-10-27)14-15-36-24-4-2-3-11-29-24/h2-6,11,16,18,23,32H,7-10,12-15,17,28H2,1H3,(H,33,34)/t23-/m1/s1. The summed E-state index contributed by atoms with van der Waals surface area (Å²) in [6, 6.07) is 11.4. The molecular weight excluding hydrogens is 476 g/mol. The van der Waals surface area contributed by atoms with Gasteiger partial charge in [0.1, 0.15) is 5.75 Å². The van der Waals surface area contributed by atoms with E-state index in [1.165, 1.54) is 0 Å². The van der Waals surface area contributed by atoms with Gasteiger partial charge in [-0.05, 0) is 80.2 Å². The van der Waals surface area contributed by atoms with Gasteiger partial charge in [-0.25, -0.2) is 4.98 Å². The van der Waals surface area contributed by atoms with E-state index in [1.54, 1.807) is 31.3 Å². The molecule has 1 saturated heterocycles. The van der Waals surface area contributed by atoms with Crippen molar-refractivity contribution in [2.24, 2.45) is 11.1 Å². The summed E-state index contributed by atoms with van der Waals surface area (Å²) in [7, 11) is 1.59. The molecule has 0 bridgehead atoms. The van der Waals surface area contributed by atoms with Crippen LogP contribution in [0, 0.1) is 5.41 Å². The Morgan fingerprint density at radius 1 is 1.25 bits per heavy atom. The van der Waals surface area contributed by atoms with Crippen LogP contribution >= 0.6 is 11.8 Å². The van der Waals surface area contributed by atoms with Crippen molar-refractivity contribution < 1.29 is 19.7 Å². The fourth-order valence-corrected chi connectivity index (χ4v) is 5.83. The molecular formula is C27H34N4O4S. The number of aliphatic carboxylic acids is 1. The Kier molecular flexibility index (Phi) is 8.79. The maximum atomic E-state index is 12.4. The lowest BCUT2D eigenvalue weighted by molar-refractivity contribution is -0.153. The molecule has 8 nitrogen and oxygen atoms in total. The number of rotatable bonds is 11. The minimum atomic E-state index is -0.842. The third-order valence-corrected chi connectivity index (χ3v) is 8.13. The first-order chi connectivity index (χ1) is 17.5. The van der Waals surface area contributed by atoms with Gasteiger partial charge >= 0.3 is 5.97 Å². The van der Waals surface area contributed by atoms with Crippen molar-refractivity contribution >= 4 is 28.6 Å². The van der Waals surface area contributed by atoms with Gasteiger partial charge < -0.3 is 25.6 Å². The average Bonchev–Trinajstić information content (AvgIpc) is 2.92. The molecule has 2 aromatic heterocycles. The van der Waals surface area contributed by atoms with Crippen LogP contribution in [0.4, 0.5) is 0 Å². The summed E-state index contributed by atoms with van der Waals surface area (Å²) < 4.78 is 5.37. The van der Waals surface area contributed by atoms with Crippen molar-refractivity contribution in [1.29, 1.82) is 0 Å². The number of hydrogen-bond donors (Lipinski definition) is 3. The van der Waals surface area contributed by atoms with Gasteiger partial charge in [-0.3, -0.25) is 9.78 Å². The van der Waals surface area contributed by atoms with Crippen LogP contribution in [0.2, 0.25) is 0 Å². The number of carboxylic acids is 1. The Hall–Kier alpha value is -2.72. The number of benzene rings is 1. The largest absolute Gasteiger partial charge is 0.497 e. The van der Waals surface area contributed by atoms with Gasteiger partial charge in [0, 0.05) is 36.6 Å². The van der Waals surface area contributed by atoms with E-state index in [2.05, 4.69) is 14.9 Å². The molecule has 0 saturated carbocycles. The van der Waals surface area contributed by atoms with Gasteiger partial charge in [-0.15, -0.1) is 11.8 Å². The monoisotopic (exact) mass is 510 g/mol. The number of aliphatic hydroxyl groups is 1. The van der Waals surface area contributed by atoms with Gasteiger partial charge in [0.25, 0.3) is 0 Å². The second kappa shape index (κ2) is 12.0. The van der Waals surface area contributed by atoms with Crippen LogP contribution in [-0.2, 0) is 11.3 Å². The van der Waals surface area contributed by atoms with Gasteiger partial charge in [0.15, 0.2) is 0 Å². The molecule has 0 amide bonds. The molecule has 1 fully saturated rings. The molecule has 0 spiro atoms. The van der Waals surface area contributed by atoms with Crippen molar-refractivity contribution in [3.63, 3.8) is 0 Å². The zero-order valence-electron chi connectivity index (χ0n) is 20.6. The maximum absolute atomic E-state index is 12.4. The van der Waals surface area contributed by atoms with Crippen LogP contribution in [0.3, 0.4) is 0 Å². The molecule has 4 rings (SSSR count). The first kappa shape index (κ1) is 26.3. The normalized spacial score (nSPS) is 16.6. The first-order valence-electron chi connectivity index (χ1n) is 12.3. The lowest BCUT2D eigenvalue weighted by Crippen LogP contribution is -2.45. The van der Waals surface area contributed by atoms with E-state index in [4.69, 9.17) is 10.5 Å². The van der Waals surface area contributed by atoms with Gasteiger partial charge in [-0.2, -0.15) is 0 Å². The summed E-state index contributed by atoms with van der Waals surface area (Å²) in [6.45, 7) is 2.59. The SMILES string of the molecule is COc1ccc2ncc(CN)c([C@H](O)CCC3(C(=O)O)CCN(CCSc4ccccn4)CC3)c2c1. The van der Waals surface area contributed by atoms with E-state index in [-0.39, 0.29) is 6.54 Å². The number of methoxy groups -OCH3 is 1. The predicted octanol–water partition coefficient (Wildman–Crippen LogP) is 3.87. The van der Waals surface area contributed by atoms with Gasteiger partial charge in [0.05, 0.1) is 29.2 Å². The number of nitrogens with two attached hydrogens (primary N) is 1. The van der Waals surface area contributed by atoms with E-state index >= 15 is 0 Å². The first-order valence-corrected chi connectivity index (χ1v) is 13.3. The molecule has 36 heavy (non-hydrogen) atoms. The summed E-state index contributed by atoms with van der Waals surface area (Å²) in [5, 5.41) is 23.2. The highest BCUT2D eigenvalue weighted by atomic mass is 32.2. The molecule has 1 aliphatic heterocycles. The Morgan fingerprint density at radius 2 is 2.06 bits per heavy atom. The van der Waals surface area contributed by atoms with Crippen molar-refractivity contribution in [3.05, 3.63) is 59.9 Å². The molecule has 1 aliphatic rings. The smallest absolute Gasteiger partial charge is 0.309 e. The molecule has 192 valence electrons. The maximum Gasteiger partial charge on any atom is 0.309 e. The van der Waals surface area contributed by atoms with Gasteiger partial charge in [-0.1, -0.05) is 6.07 Å². The number of thioether (sulfide) groups is 1. The second-order valence-corrected chi connectivity index (χ2v) is 10.4. The van der Waals surface area contributed by atoms with E-state index in [9.17, 15) is 15.0 Å². The van der Waals surface area contributed by atoms with E-state index < -0.39 is 17.5 Å². The number of hydrogen-bond acceptors (Lipinski definition) is 8. The zero-order valence-corrected chi connectivity index (χ0v) is 21.4. The highest BCUT2D eigenvalue weighted by Crippen LogP contribution is 2.40. The molecule has 4 N–H and O–H groups in total. The summed E-state index contributed by atoms with van der Waals surface area (Å²) in [5.74, 6) is 0.802. The van der Waals surface area contributed by atoms with Crippen LogP contribution in [0.5, 0.6) is 5.75 Å². The minimum absolute atomic E-state index is 0.238. The van der Waals surface area contributed by atoms with Crippen LogP contribution in [0.15, 0.2) is 53.8 Å². The molecule has 0 unspecified atom stereocenters. The zero-order chi connectivity index (χ0) is 25.5. The van der Waals surface area contributed by atoms with E-state index in [1.807, 2.05) is 36.4 Å². The lowest BCUT2D eigenvalue weighted by atomic mass is 9.74. The quantitative estimate of drug-likeness (QED) is 0.330. The Balaban J connectivity index is 1.40. The van der Waals surface area contributed by atoms with Gasteiger partial charge in [0.2, 0.25) is 0 Å². The molecule has 0 radical (unpaired) electrons. The molecule has 3 aromatic rings. The molecule has 9 heteroatoms. The number of aliphatic hydroxyl groups excluding tert-OH is 1. The third-order valence-electron chi connectivity index (χ3n) is 7.21. The summed E-state index contributed by atoms with van der Waals surface area (Å²) in [4.78, 5) is 23.5. The fourth-order valence-electron chi connectivity index (χ4n) is 4.96. The number of carbonyl (C=O) groups is 1.